The van der Waals surface area contributed by atoms with Crippen molar-refractivity contribution in [3.05, 3.63) is 11.3 Å². The van der Waals surface area contributed by atoms with E-state index in [4.69, 9.17) is 5.11 Å². The third-order valence-electron chi connectivity index (χ3n) is 1.94. The maximum absolute atomic E-state index is 11.3. The minimum atomic E-state index is -1.07. The van der Waals surface area contributed by atoms with Gasteiger partial charge in [-0.05, 0) is 6.42 Å². The highest BCUT2D eigenvalue weighted by Gasteiger charge is 2.37. The summed E-state index contributed by atoms with van der Waals surface area (Å²) in [6.07, 6.45) is -0.294. The number of carbonyl (C=O) groups excluding carboxylic acids is 2. The Balaban J connectivity index is 2.89. The monoisotopic (exact) mass is 200 g/mol. The highest BCUT2D eigenvalue weighted by atomic mass is 16.6. The Bertz CT molecular complexity index is 292. The van der Waals surface area contributed by atoms with Gasteiger partial charge in [-0.1, -0.05) is 6.92 Å². The molecule has 1 unspecified atom stereocenters. The molecule has 1 atom stereocenters. The molecule has 0 saturated heterocycles. The Kier molecular flexibility index (Phi) is 3.24. The van der Waals surface area contributed by atoms with E-state index in [0.717, 1.165) is 0 Å². The van der Waals surface area contributed by atoms with Crippen molar-refractivity contribution in [3.8, 4) is 0 Å². The minimum Gasteiger partial charge on any atom is -0.507 e. The fraction of sp³-hybridized carbons (Fsp3) is 0.556. The molecule has 14 heavy (non-hydrogen) atoms. The number of Topliss-reactive ketones (excluding diaryl/α,β-unsaturated/α-hetero) is 1. The van der Waals surface area contributed by atoms with Crippen LogP contribution < -0.4 is 0 Å². The molecule has 78 valence electrons. The van der Waals surface area contributed by atoms with Crippen LogP contribution in [-0.2, 0) is 14.3 Å². The number of carbonyl (C=O) groups is 2. The second kappa shape index (κ2) is 4.23. The molecule has 1 rings (SSSR count). The number of esters is 1. The van der Waals surface area contributed by atoms with Crippen LogP contribution in [-0.4, -0.2) is 34.7 Å². The van der Waals surface area contributed by atoms with Gasteiger partial charge in [0.25, 0.3) is 0 Å². The van der Waals surface area contributed by atoms with E-state index >= 15 is 0 Å². The van der Waals surface area contributed by atoms with Crippen molar-refractivity contribution < 1.29 is 24.5 Å². The smallest absolute Gasteiger partial charge is 0.346 e. The molecule has 0 saturated carbocycles. The van der Waals surface area contributed by atoms with Crippen LogP contribution in [0.3, 0.4) is 0 Å². The molecule has 0 spiro atoms. The number of hydrogen-bond acceptors (Lipinski definition) is 5. The van der Waals surface area contributed by atoms with Crippen LogP contribution in [0.25, 0.3) is 0 Å². The zero-order chi connectivity index (χ0) is 10.7. The van der Waals surface area contributed by atoms with E-state index in [0.29, 0.717) is 6.42 Å². The fourth-order valence-corrected chi connectivity index (χ4v) is 1.24. The number of aliphatic hydroxyl groups is 2. The SMILES string of the molecule is CCCC(=O)C1=C(O)C(CO)OC1=O. The Morgan fingerprint density at radius 3 is 2.64 bits per heavy atom. The molecule has 1 aliphatic heterocycles. The molecule has 0 aromatic carbocycles. The first-order chi connectivity index (χ1) is 6.61. The molecular formula is C9H12O5. The van der Waals surface area contributed by atoms with Gasteiger partial charge in [-0.15, -0.1) is 0 Å². The van der Waals surface area contributed by atoms with Crippen LogP contribution in [0.4, 0.5) is 0 Å². The summed E-state index contributed by atoms with van der Waals surface area (Å²) >= 11 is 0. The van der Waals surface area contributed by atoms with Crippen molar-refractivity contribution in [1.82, 2.24) is 0 Å². The van der Waals surface area contributed by atoms with Gasteiger partial charge in [-0.3, -0.25) is 4.79 Å². The van der Waals surface area contributed by atoms with Gasteiger partial charge in [-0.2, -0.15) is 0 Å². The summed E-state index contributed by atoms with van der Waals surface area (Å²) in [7, 11) is 0. The van der Waals surface area contributed by atoms with E-state index in [2.05, 4.69) is 4.74 Å². The van der Waals surface area contributed by atoms with E-state index in [1.165, 1.54) is 0 Å². The lowest BCUT2D eigenvalue weighted by Gasteiger charge is -2.03. The summed E-state index contributed by atoms with van der Waals surface area (Å²) in [4.78, 5) is 22.4. The molecule has 5 heteroatoms. The van der Waals surface area contributed by atoms with E-state index < -0.39 is 30.2 Å². The van der Waals surface area contributed by atoms with Crippen molar-refractivity contribution in [1.29, 1.82) is 0 Å². The number of ether oxygens (including phenoxy) is 1. The van der Waals surface area contributed by atoms with Crippen LogP contribution >= 0.6 is 0 Å². The summed E-state index contributed by atoms with van der Waals surface area (Å²) in [6.45, 7) is 1.28. The molecule has 0 amide bonds. The summed E-state index contributed by atoms with van der Waals surface area (Å²) in [5, 5.41) is 18.1. The third kappa shape index (κ3) is 1.77. The molecule has 1 aliphatic rings. The summed E-state index contributed by atoms with van der Waals surface area (Å²) in [5.41, 5.74) is -0.314. The van der Waals surface area contributed by atoms with E-state index in [1.54, 1.807) is 6.92 Å². The first-order valence-electron chi connectivity index (χ1n) is 4.40. The summed E-state index contributed by atoms with van der Waals surface area (Å²) in [6, 6.07) is 0. The topological polar surface area (TPSA) is 83.8 Å². The van der Waals surface area contributed by atoms with Gasteiger partial charge in [0.05, 0.1) is 6.61 Å². The molecule has 0 aliphatic carbocycles. The van der Waals surface area contributed by atoms with Gasteiger partial charge >= 0.3 is 5.97 Å². The lowest BCUT2D eigenvalue weighted by Crippen LogP contribution is -2.15. The first-order valence-corrected chi connectivity index (χ1v) is 4.40. The molecular weight excluding hydrogens is 188 g/mol. The number of ketones is 1. The molecule has 0 fully saturated rings. The van der Waals surface area contributed by atoms with Crippen molar-refractivity contribution in [2.24, 2.45) is 0 Å². The molecule has 0 aromatic heterocycles. The largest absolute Gasteiger partial charge is 0.507 e. The zero-order valence-electron chi connectivity index (χ0n) is 7.82. The first kappa shape index (κ1) is 10.7. The van der Waals surface area contributed by atoms with E-state index in [9.17, 15) is 14.7 Å². The zero-order valence-corrected chi connectivity index (χ0v) is 7.82. The minimum absolute atomic E-state index is 0.187. The molecule has 1 heterocycles. The maximum Gasteiger partial charge on any atom is 0.346 e. The molecule has 2 N–H and O–H groups in total. The van der Waals surface area contributed by atoms with Crippen molar-refractivity contribution >= 4 is 11.8 Å². The standard InChI is InChI=1S/C9H12O5/c1-2-3-5(11)7-8(12)6(4-10)14-9(7)13/h6,10,12H,2-4H2,1H3. The number of hydrogen-bond donors (Lipinski definition) is 2. The van der Waals surface area contributed by atoms with Crippen LogP contribution in [0.5, 0.6) is 0 Å². The lowest BCUT2D eigenvalue weighted by atomic mass is 10.1. The maximum atomic E-state index is 11.3. The average molecular weight is 200 g/mol. The van der Waals surface area contributed by atoms with Crippen molar-refractivity contribution in [2.45, 2.75) is 25.9 Å². The van der Waals surface area contributed by atoms with Gasteiger partial charge in [-0.25, -0.2) is 4.79 Å². The Morgan fingerprint density at radius 2 is 2.21 bits per heavy atom. The summed E-state index contributed by atoms with van der Waals surface area (Å²) < 4.78 is 4.57. The number of aliphatic hydroxyl groups excluding tert-OH is 2. The normalized spacial score (nSPS) is 21.3. The number of cyclic esters (lactones) is 1. The Labute approximate surface area is 81.0 Å². The van der Waals surface area contributed by atoms with Crippen molar-refractivity contribution in [3.63, 3.8) is 0 Å². The Hall–Kier alpha value is -1.36. The van der Waals surface area contributed by atoms with Crippen LogP contribution in [0.1, 0.15) is 19.8 Å². The van der Waals surface area contributed by atoms with Gasteiger partial charge in [0, 0.05) is 6.42 Å². The lowest BCUT2D eigenvalue weighted by molar-refractivity contribution is -0.142. The van der Waals surface area contributed by atoms with Crippen LogP contribution in [0.15, 0.2) is 11.3 Å². The van der Waals surface area contributed by atoms with Crippen molar-refractivity contribution in [2.75, 3.05) is 6.61 Å². The highest BCUT2D eigenvalue weighted by Crippen LogP contribution is 2.22. The van der Waals surface area contributed by atoms with Crippen LogP contribution in [0.2, 0.25) is 0 Å². The van der Waals surface area contributed by atoms with Gasteiger partial charge in [0.1, 0.15) is 5.57 Å². The second-order valence-electron chi connectivity index (χ2n) is 3.01. The second-order valence-corrected chi connectivity index (χ2v) is 3.01. The quantitative estimate of drug-likeness (QED) is 0.496. The average Bonchev–Trinajstić information content (AvgIpc) is 2.41. The van der Waals surface area contributed by atoms with E-state index in [1.807, 2.05) is 0 Å². The number of rotatable bonds is 4. The van der Waals surface area contributed by atoms with Crippen LogP contribution in [0, 0.1) is 0 Å². The third-order valence-corrected chi connectivity index (χ3v) is 1.94. The highest BCUT2D eigenvalue weighted by molar-refractivity contribution is 6.19. The molecule has 0 aromatic rings. The molecule has 5 nitrogen and oxygen atoms in total. The molecule has 0 bridgehead atoms. The van der Waals surface area contributed by atoms with E-state index in [-0.39, 0.29) is 12.0 Å². The van der Waals surface area contributed by atoms with Gasteiger partial charge in [0.15, 0.2) is 17.6 Å². The Morgan fingerprint density at radius 1 is 1.57 bits per heavy atom. The fourth-order valence-electron chi connectivity index (χ4n) is 1.24. The van der Waals surface area contributed by atoms with Gasteiger partial charge < -0.3 is 14.9 Å². The molecule has 0 radical (unpaired) electrons. The predicted molar refractivity (Wildman–Crippen MR) is 46.5 cm³/mol. The predicted octanol–water partition coefficient (Wildman–Crippen LogP) is 0.0854. The van der Waals surface area contributed by atoms with Gasteiger partial charge in [0.2, 0.25) is 0 Å². The summed E-state index contributed by atoms with van der Waals surface area (Å²) in [5.74, 6) is -1.73.